The lowest BCUT2D eigenvalue weighted by molar-refractivity contribution is -0.121. The molecule has 1 aliphatic rings. The number of likely N-dealkylation sites (tertiary alicyclic amines) is 1. The molecule has 1 heterocycles. The van der Waals surface area contributed by atoms with Crippen molar-refractivity contribution in [1.29, 1.82) is 0 Å². The number of piperidine rings is 1. The van der Waals surface area contributed by atoms with Gasteiger partial charge in [-0.2, -0.15) is 0 Å². The molecule has 0 aromatic heterocycles. The number of nitrogens with one attached hydrogen (secondary N) is 1. The topological polar surface area (TPSA) is 32.3 Å². The van der Waals surface area contributed by atoms with Crippen molar-refractivity contribution in [3.05, 3.63) is 88.4 Å². The third-order valence-electron chi connectivity index (χ3n) is 5.40. The Bertz CT molecular complexity index is 1040. The highest BCUT2D eigenvalue weighted by atomic mass is 35.5. The zero-order valence-corrected chi connectivity index (χ0v) is 19.4. The molecule has 3 aromatic carbocycles. The zero-order valence-electron chi connectivity index (χ0n) is 17.1. The predicted octanol–water partition coefficient (Wildman–Crippen LogP) is 7.00. The van der Waals surface area contributed by atoms with Gasteiger partial charge in [-0.25, -0.2) is 0 Å². The van der Waals surface area contributed by atoms with E-state index in [2.05, 4.69) is 22.3 Å². The SMILES string of the molecule is O=C(Nc1ccccc1Sc1ccccc1)C1CCCN(Cc2ccc(Cl)cc2Cl)C1. The number of carbonyl (C=O) groups is 1. The first-order valence-electron chi connectivity index (χ1n) is 10.4. The van der Waals surface area contributed by atoms with Gasteiger partial charge in [-0.05, 0) is 61.3 Å². The molecule has 1 aliphatic heterocycles. The van der Waals surface area contributed by atoms with E-state index in [-0.39, 0.29) is 11.8 Å². The van der Waals surface area contributed by atoms with Crippen LogP contribution in [0, 0.1) is 5.92 Å². The van der Waals surface area contributed by atoms with Crippen LogP contribution in [0.5, 0.6) is 0 Å². The summed E-state index contributed by atoms with van der Waals surface area (Å²) in [4.78, 5) is 17.6. The molecule has 0 spiro atoms. The molecule has 4 rings (SSSR count). The summed E-state index contributed by atoms with van der Waals surface area (Å²) >= 11 is 14.0. The average molecular weight is 471 g/mol. The number of rotatable bonds is 6. The van der Waals surface area contributed by atoms with Crippen LogP contribution in [0.4, 0.5) is 5.69 Å². The Labute approximate surface area is 197 Å². The molecule has 6 heteroatoms. The van der Waals surface area contributed by atoms with Crippen molar-refractivity contribution in [2.75, 3.05) is 18.4 Å². The highest BCUT2D eigenvalue weighted by Crippen LogP contribution is 2.34. The van der Waals surface area contributed by atoms with E-state index in [0.717, 1.165) is 53.5 Å². The van der Waals surface area contributed by atoms with Crippen LogP contribution >= 0.6 is 35.0 Å². The second-order valence-corrected chi connectivity index (χ2v) is 9.67. The second-order valence-electron chi connectivity index (χ2n) is 7.71. The fourth-order valence-electron chi connectivity index (χ4n) is 3.81. The van der Waals surface area contributed by atoms with E-state index in [1.54, 1.807) is 17.8 Å². The Hall–Kier alpha value is -1.98. The molecule has 1 atom stereocenters. The number of benzene rings is 3. The van der Waals surface area contributed by atoms with Gasteiger partial charge in [0.25, 0.3) is 0 Å². The number of hydrogen-bond donors (Lipinski definition) is 1. The Morgan fingerprint density at radius 1 is 1.03 bits per heavy atom. The zero-order chi connectivity index (χ0) is 21.6. The molecular formula is C25H24Cl2N2OS. The standard InChI is InChI=1S/C25H24Cl2N2OS/c26-20-13-12-18(22(27)15-20)16-29-14-6-7-19(17-29)25(30)28-23-10-4-5-11-24(23)31-21-8-2-1-3-9-21/h1-5,8-13,15,19H,6-7,14,16-17H2,(H,28,30). The molecule has 1 fully saturated rings. The lowest BCUT2D eigenvalue weighted by atomic mass is 9.96. The monoisotopic (exact) mass is 470 g/mol. The smallest absolute Gasteiger partial charge is 0.228 e. The van der Waals surface area contributed by atoms with Crippen LogP contribution in [-0.2, 0) is 11.3 Å². The fourth-order valence-corrected chi connectivity index (χ4v) is 5.20. The predicted molar refractivity (Wildman–Crippen MR) is 130 cm³/mol. The minimum atomic E-state index is -0.0467. The van der Waals surface area contributed by atoms with E-state index in [1.807, 2.05) is 54.6 Å². The molecule has 1 saturated heterocycles. The molecule has 1 N–H and O–H groups in total. The third-order valence-corrected chi connectivity index (χ3v) is 7.07. The molecule has 1 amide bonds. The van der Waals surface area contributed by atoms with Crippen LogP contribution in [0.2, 0.25) is 10.0 Å². The number of anilines is 1. The number of halogens is 2. The number of hydrogen-bond acceptors (Lipinski definition) is 3. The van der Waals surface area contributed by atoms with E-state index in [0.29, 0.717) is 10.0 Å². The summed E-state index contributed by atoms with van der Waals surface area (Å²) in [6.07, 6.45) is 1.88. The Balaban J connectivity index is 1.41. The van der Waals surface area contributed by atoms with Gasteiger partial charge in [0.1, 0.15) is 0 Å². The summed E-state index contributed by atoms with van der Waals surface area (Å²) in [5.41, 5.74) is 1.90. The number of para-hydroxylation sites is 1. The van der Waals surface area contributed by atoms with Gasteiger partial charge in [-0.3, -0.25) is 9.69 Å². The first-order chi connectivity index (χ1) is 15.1. The van der Waals surface area contributed by atoms with Gasteiger partial charge in [0, 0.05) is 32.9 Å². The third kappa shape index (κ3) is 6.05. The Morgan fingerprint density at radius 2 is 1.81 bits per heavy atom. The van der Waals surface area contributed by atoms with E-state index in [1.165, 1.54) is 0 Å². The van der Waals surface area contributed by atoms with Crippen LogP contribution in [0.3, 0.4) is 0 Å². The Morgan fingerprint density at radius 3 is 2.61 bits per heavy atom. The molecule has 31 heavy (non-hydrogen) atoms. The van der Waals surface area contributed by atoms with Crippen molar-refractivity contribution < 1.29 is 4.79 Å². The van der Waals surface area contributed by atoms with Gasteiger partial charge in [-0.15, -0.1) is 0 Å². The van der Waals surface area contributed by atoms with Gasteiger partial charge < -0.3 is 5.32 Å². The normalized spacial score (nSPS) is 16.8. The summed E-state index contributed by atoms with van der Waals surface area (Å²) in [7, 11) is 0. The lowest BCUT2D eigenvalue weighted by Crippen LogP contribution is -2.40. The highest BCUT2D eigenvalue weighted by Gasteiger charge is 2.26. The minimum absolute atomic E-state index is 0.0467. The molecule has 0 bridgehead atoms. The quantitative estimate of drug-likeness (QED) is 0.420. The number of carbonyl (C=O) groups excluding carboxylic acids is 1. The van der Waals surface area contributed by atoms with Crippen LogP contribution in [0.15, 0.2) is 82.6 Å². The van der Waals surface area contributed by atoms with Crippen molar-refractivity contribution in [3.63, 3.8) is 0 Å². The molecule has 0 aliphatic carbocycles. The van der Waals surface area contributed by atoms with Crippen LogP contribution in [0.1, 0.15) is 18.4 Å². The van der Waals surface area contributed by atoms with E-state index >= 15 is 0 Å². The fraction of sp³-hybridized carbons (Fsp3) is 0.240. The molecule has 3 aromatic rings. The summed E-state index contributed by atoms with van der Waals surface area (Å²) < 4.78 is 0. The Kier molecular flexibility index (Phi) is 7.57. The van der Waals surface area contributed by atoms with Gasteiger partial charge in [0.15, 0.2) is 0 Å². The molecule has 160 valence electrons. The molecular weight excluding hydrogens is 447 g/mol. The molecule has 0 saturated carbocycles. The van der Waals surface area contributed by atoms with Crippen molar-refractivity contribution >= 4 is 46.6 Å². The summed E-state index contributed by atoms with van der Waals surface area (Å²) in [5.74, 6) is 0.0302. The van der Waals surface area contributed by atoms with Crippen molar-refractivity contribution in [2.45, 2.75) is 29.2 Å². The lowest BCUT2D eigenvalue weighted by Gasteiger charge is -2.32. The molecule has 3 nitrogen and oxygen atoms in total. The maximum Gasteiger partial charge on any atom is 0.228 e. The molecule has 1 unspecified atom stereocenters. The van der Waals surface area contributed by atoms with Crippen LogP contribution in [-0.4, -0.2) is 23.9 Å². The van der Waals surface area contributed by atoms with Crippen molar-refractivity contribution in [1.82, 2.24) is 4.90 Å². The maximum atomic E-state index is 13.1. The van der Waals surface area contributed by atoms with Crippen LogP contribution in [0.25, 0.3) is 0 Å². The minimum Gasteiger partial charge on any atom is -0.325 e. The van der Waals surface area contributed by atoms with Gasteiger partial charge >= 0.3 is 0 Å². The van der Waals surface area contributed by atoms with Crippen molar-refractivity contribution in [2.24, 2.45) is 5.92 Å². The van der Waals surface area contributed by atoms with Gasteiger partial charge in [-0.1, -0.05) is 71.4 Å². The van der Waals surface area contributed by atoms with E-state index in [4.69, 9.17) is 23.2 Å². The van der Waals surface area contributed by atoms with Gasteiger partial charge in [0.05, 0.1) is 11.6 Å². The van der Waals surface area contributed by atoms with Crippen molar-refractivity contribution in [3.8, 4) is 0 Å². The van der Waals surface area contributed by atoms with Gasteiger partial charge in [0.2, 0.25) is 5.91 Å². The maximum absolute atomic E-state index is 13.1. The molecule has 0 radical (unpaired) electrons. The largest absolute Gasteiger partial charge is 0.325 e. The number of amides is 1. The average Bonchev–Trinajstić information content (AvgIpc) is 2.78. The van der Waals surface area contributed by atoms with Crippen LogP contribution < -0.4 is 5.32 Å². The first kappa shape index (κ1) is 22.2. The highest BCUT2D eigenvalue weighted by molar-refractivity contribution is 7.99. The van der Waals surface area contributed by atoms with E-state index < -0.39 is 0 Å². The number of nitrogens with zero attached hydrogens (tertiary/aromatic N) is 1. The summed E-state index contributed by atoms with van der Waals surface area (Å²) in [6, 6.07) is 23.8. The second kappa shape index (κ2) is 10.6. The summed E-state index contributed by atoms with van der Waals surface area (Å²) in [5, 5.41) is 4.48. The van der Waals surface area contributed by atoms with E-state index in [9.17, 15) is 4.79 Å². The summed E-state index contributed by atoms with van der Waals surface area (Å²) in [6.45, 7) is 2.40. The first-order valence-corrected chi connectivity index (χ1v) is 11.9.